The first-order valence-electron chi connectivity index (χ1n) is 27.5. The summed E-state index contributed by atoms with van der Waals surface area (Å²) in [6, 6.07) is 0. The lowest BCUT2D eigenvalue weighted by Crippen LogP contribution is -2.61. The molecule has 11 atom stereocenters. The molecule has 14 heteroatoms. The molecule has 2 fully saturated rings. The highest BCUT2D eigenvalue weighted by Gasteiger charge is 2.47. The van der Waals surface area contributed by atoms with Gasteiger partial charge in [0, 0.05) is 13.0 Å². The van der Waals surface area contributed by atoms with Gasteiger partial charge in [0.2, 0.25) is 0 Å². The highest BCUT2D eigenvalue weighted by atomic mass is 16.7. The van der Waals surface area contributed by atoms with E-state index in [1.807, 2.05) is 0 Å². The minimum Gasteiger partial charge on any atom is -0.457 e. The molecule has 0 aromatic heterocycles. The van der Waals surface area contributed by atoms with Crippen LogP contribution in [0.25, 0.3) is 0 Å². The summed E-state index contributed by atoms with van der Waals surface area (Å²) in [5.41, 5.74) is 0. The SMILES string of the molecule is CC/C=C\C/C=C\C/C=C\C/C=C\C/C=C\C/C=C\CCCCCOCC(COC1OC(COC2OC(CO)C(O)C(O)C2O)C(O)C(O)C1O)OC(=O)CCCCCCCCCCCCCCCCC. The third-order valence-electron chi connectivity index (χ3n) is 12.7. The number of carbonyl (C=O) groups is 1. The van der Waals surface area contributed by atoms with Gasteiger partial charge in [-0.2, -0.15) is 0 Å². The first-order chi connectivity index (χ1) is 34.6. The van der Waals surface area contributed by atoms with Crippen molar-refractivity contribution in [3.63, 3.8) is 0 Å². The molecule has 0 saturated carbocycles. The van der Waals surface area contributed by atoms with E-state index in [1.165, 1.54) is 70.6 Å². The van der Waals surface area contributed by atoms with Crippen LogP contribution in [0, 0.1) is 0 Å². The summed E-state index contributed by atoms with van der Waals surface area (Å²) in [7, 11) is 0. The minimum absolute atomic E-state index is 0.0371. The number of rotatable bonds is 43. The molecular weight excluding hydrogens is 909 g/mol. The van der Waals surface area contributed by atoms with Crippen LogP contribution in [0.3, 0.4) is 0 Å². The summed E-state index contributed by atoms with van der Waals surface area (Å²) in [5.74, 6) is -0.389. The number of aliphatic hydroxyl groups is 7. The third kappa shape index (κ3) is 31.0. The van der Waals surface area contributed by atoms with E-state index in [0.29, 0.717) is 13.0 Å². The van der Waals surface area contributed by atoms with Crippen LogP contribution in [-0.2, 0) is 33.2 Å². The second-order valence-corrected chi connectivity index (χ2v) is 19.0. The lowest BCUT2D eigenvalue weighted by molar-refractivity contribution is -0.332. The molecule has 0 amide bonds. The Labute approximate surface area is 427 Å². The molecule has 71 heavy (non-hydrogen) atoms. The molecule has 2 aliphatic rings. The maximum Gasteiger partial charge on any atom is 0.306 e. The van der Waals surface area contributed by atoms with Crippen LogP contribution in [0.5, 0.6) is 0 Å². The van der Waals surface area contributed by atoms with Crippen molar-refractivity contribution in [3.8, 4) is 0 Å². The molecule has 0 aromatic rings. The van der Waals surface area contributed by atoms with Gasteiger partial charge in [-0.25, -0.2) is 0 Å². The average molecular weight is 1010 g/mol. The largest absolute Gasteiger partial charge is 0.457 e. The topological polar surface area (TPSA) is 214 Å². The van der Waals surface area contributed by atoms with Gasteiger partial charge in [-0.1, -0.05) is 183 Å². The summed E-state index contributed by atoms with van der Waals surface area (Å²) in [6.45, 7) is 3.49. The van der Waals surface area contributed by atoms with E-state index >= 15 is 0 Å². The first-order valence-corrected chi connectivity index (χ1v) is 27.5. The Morgan fingerprint density at radius 1 is 0.479 bits per heavy atom. The van der Waals surface area contributed by atoms with Crippen LogP contribution in [0.15, 0.2) is 72.9 Å². The molecule has 2 saturated heterocycles. The van der Waals surface area contributed by atoms with Crippen LogP contribution in [-0.4, -0.2) is 142 Å². The van der Waals surface area contributed by atoms with Crippen molar-refractivity contribution in [2.24, 2.45) is 0 Å². The van der Waals surface area contributed by atoms with Crippen LogP contribution in [0.2, 0.25) is 0 Å². The van der Waals surface area contributed by atoms with Crippen molar-refractivity contribution in [2.75, 3.05) is 33.0 Å². The van der Waals surface area contributed by atoms with Crippen LogP contribution >= 0.6 is 0 Å². The molecule has 2 rings (SSSR count). The first kappa shape index (κ1) is 64.5. The Bertz CT molecular complexity index is 1450. The number of allylic oxidation sites excluding steroid dienone is 12. The number of hydrogen-bond acceptors (Lipinski definition) is 14. The molecule has 0 spiro atoms. The number of unbranched alkanes of at least 4 members (excludes halogenated alkanes) is 17. The van der Waals surface area contributed by atoms with Gasteiger partial charge in [0.1, 0.15) is 54.9 Å². The number of carbonyl (C=O) groups excluding carboxylic acids is 1. The molecule has 0 aliphatic carbocycles. The van der Waals surface area contributed by atoms with Gasteiger partial charge in [-0.05, 0) is 64.2 Å². The van der Waals surface area contributed by atoms with E-state index in [-0.39, 0.29) is 25.6 Å². The van der Waals surface area contributed by atoms with Crippen LogP contribution in [0.4, 0.5) is 0 Å². The summed E-state index contributed by atoms with van der Waals surface area (Å²) in [4.78, 5) is 13.0. The molecule has 0 aromatic carbocycles. The van der Waals surface area contributed by atoms with E-state index in [1.54, 1.807) is 0 Å². The minimum atomic E-state index is -1.72. The van der Waals surface area contributed by atoms with Crippen LogP contribution < -0.4 is 0 Å². The zero-order valence-electron chi connectivity index (χ0n) is 43.7. The summed E-state index contributed by atoms with van der Waals surface area (Å²) >= 11 is 0. The van der Waals surface area contributed by atoms with Crippen molar-refractivity contribution in [3.05, 3.63) is 72.9 Å². The summed E-state index contributed by atoms with van der Waals surface area (Å²) in [6.07, 6.45) is 38.2. The normalized spacial score (nSPS) is 25.9. The lowest BCUT2D eigenvalue weighted by atomic mass is 9.98. The van der Waals surface area contributed by atoms with Gasteiger partial charge in [0.05, 0.1) is 26.4 Å². The predicted octanol–water partition coefficient (Wildman–Crippen LogP) is 9.08. The lowest BCUT2D eigenvalue weighted by Gasteiger charge is -2.42. The second kappa shape index (κ2) is 43.8. The number of ether oxygens (including phenoxy) is 6. The molecule has 2 aliphatic heterocycles. The van der Waals surface area contributed by atoms with E-state index < -0.39 is 80.7 Å². The molecule has 0 bridgehead atoms. The monoisotopic (exact) mass is 1010 g/mol. The van der Waals surface area contributed by atoms with Gasteiger partial charge in [-0.15, -0.1) is 0 Å². The Balaban J connectivity index is 1.76. The van der Waals surface area contributed by atoms with Gasteiger partial charge in [-0.3, -0.25) is 4.79 Å². The number of aliphatic hydroxyl groups excluding tert-OH is 7. The van der Waals surface area contributed by atoms with Crippen molar-refractivity contribution in [1.82, 2.24) is 0 Å². The second-order valence-electron chi connectivity index (χ2n) is 19.0. The molecule has 11 unspecified atom stereocenters. The Morgan fingerprint density at radius 3 is 1.42 bits per heavy atom. The molecule has 0 radical (unpaired) electrons. The van der Waals surface area contributed by atoms with Crippen LogP contribution in [0.1, 0.15) is 181 Å². The molecule has 2 heterocycles. The zero-order valence-corrected chi connectivity index (χ0v) is 43.7. The van der Waals surface area contributed by atoms with E-state index in [4.69, 9.17) is 28.4 Å². The Hall–Kier alpha value is -2.57. The fourth-order valence-corrected chi connectivity index (χ4v) is 8.29. The molecule has 7 N–H and O–H groups in total. The fourth-order valence-electron chi connectivity index (χ4n) is 8.29. The van der Waals surface area contributed by atoms with Crippen molar-refractivity contribution in [1.29, 1.82) is 0 Å². The van der Waals surface area contributed by atoms with Crippen molar-refractivity contribution >= 4 is 5.97 Å². The smallest absolute Gasteiger partial charge is 0.306 e. The van der Waals surface area contributed by atoms with E-state index in [9.17, 15) is 40.5 Å². The summed E-state index contributed by atoms with van der Waals surface area (Å²) < 4.78 is 34.3. The van der Waals surface area contributed by atoms with Gasteiger partial charge in [0.25, 0.3) is 0 Å². The van der Waals surface area contributed by atoms with E-state index in [2.05, 4.69) is 86.8 Å². The van der Waals surface area contributed by atoms with Crippen molar-refractivity contribution < 1.29 is 69.0 Å². The Kier molecular flexibility index (Phi) is 39.8. The maximum absolute atomic E-state index is 13.0. The van der Waals surface area contributed by atoms with Crippen molar-refractivity contribution in [2.45, 2.75) is 248 Å². The standard InChI is InChI=1S/C57H98O14/c1-3-5-7-9-11-13-15-17-19-20-21-22-23-24-25-27-29-31-33-35-37-39-41-66-43-46(69-49(59)40-38-36-34-32-30-28-26-18-16-14-12-10-8-6-4-2)44-67-56-55(65)53(63)51(61)48(71-56)45-68-57-54(64)52(62)50(60)47(42-58)70-57/h5,7,11,13,17,19,21-22,24-25,29,31,46-48,50-58,60-65H,3-4,6,8-10,12,14-16,18,20,23,26-28,30,32-45H2,1-2H3/b7-5-,13-11-,19-17-,22-21-,25-24-,31-29-. The van der Waals surface area contributed by atoms with Gasteiger partial charge in [0.15, 0.2) is 12.6 Å². The highest BCUT2D eigenvalue weighted by molar-refractivity contribution is 5.69. The van der Waals surface area contributed by atoms with E-state index in [0.717, 1.165) is 83.5 Å². The molecule has 410 valence electrons. The van der Waals surface area contributed by atoms with Gasteiger partial charge >= 0.3 is 5.97 Å². The number of hydrogen-bond donors (Lipinski definition) is 7. The maximum atomic E-state index is 13.0. The third-order valence-corrected chi connectivity index (χ3v) is 12.7. The predicted molar refractivity (Wildman–Crippen MR) is 279 cm³/mol. The molecular formula is C57H98O14. The Morgan fingerprint density at radius 2 is 0.915 bits per heavy atom. The number of esters is 1. The molecule has 14 nitrogen and oxygen atoms in total. The van der Waals surface area contributed by atoms with Gasteiger partial charge < -0.3 is 64.2 Å². The zero-order chi connectivity index (χ0) is 51.6. The highest BCUT2D eigenvalue weighted by Crippen LogP contribution is 2.26. The average Bonchev–Trinajstić information content (AvgIpc) is 3.37. The quantitative estimate of drug-likeness (QED) is 0.0173. The fraction of sp³-hybridized carbons (Fsp3) is 0.772. The summed E-state index contributed by atoms with van der Waals surface area (Å²) in [5, 5.41) is 72.2.